The van der Waals surface area contributed by atoms with Gasteiger partial charge in [0.1, 0.15) is 11.5 Å². The maximum absolute atomic E-state index is 11.3. The highest BCUT2D eigenvalue weighted by Crippen LogP contribution is 2.47. The molecule has 5 aromatic rings. The van der Waals surface area contributed by atoms with Gasteiger partial charge in [-0.25, -0.2) is 0 Å². The van der Waals surface area contributed by atoms with Crippen LogP contribution in [0, 0.1) is 10.1 Å². The molecule has 0 aliphatic rings. The first-order chi connectivity index (χ1) is 16.6. The lowest BCUT2D eigenvalue weighted by molar-refractivity contribution is -0.384. The summed E-state index contributed by atoms with van der Waals surface area (Å²) in [6, 6.07) is 31.2. The molecule has 0 aliphatic heterocycles. The van der Waals surface area contributed by atoms with Crippen molar-refractivity contribution in [1.29, 1.82) is 0 Å². The summed E-state index contributed by atoms with van der Waals surface area (Å²) < 4.78 is 11.8. The molecule has 0 aromatic heterocycles. The number of methoxy groups -OCH3 is 2. The summed E-state index contributed by atoms with van der Waals surface area (Å²) in [5, 5.41) is 15.6. The van der Waals surface area contributed by atoms with E-state index in [0.717, 1.165) is 49.7 Å². The number of nitro groups is 1. The van der Waals surface area contributed by atoms with Crippen molar-refractivity contribution in [3.63, 3.8) is 0 Å². The van der Waals surface area contributed by atoms with E-state index < -0.39 is 0 Å². The summed E-state index contributed by atoms with van der Waals surface area (Å²) in [5.41, 5.74) is 2.94. The SMILES string of the molecule is COc1ccc2ccccc2c1C(c1ccc([N+](=O)[O-])cc1)c1c(OC)ccc2ccccc12. The summed E-state index contributed by atoms with van der Waals surface area (Å²) in [5.74, 6) is 1.21. The van der Waals surface area contributed by atoms with Gasteiger partial charge in [-0.1, -0.05) is 72.8 Å². The van der Waals surface area contributed by atoms with E-state index in [9.17, 15) is 10.1 Å². The highest BCUT2D eigenvalue weighted by Gasteiger charge is 2.28. The van der Waals surface area contributed by atoms with Crippen molar-refractivity contribution in [2.75, 3.05) is 14.2 Å². The molecule has 0 radical (unpaired) electrons. The minimum Gasteiger partial charge on any atom is -0.496 e. The lowest BCUT2D eigenvalue weighted by Gasteiger charge is -2.26. The summed E-state index contributed by atoms with van der Waals surface area (Å²) >= 11 is 0. The molecule has 0 saturated carbocycles. The van der Waals surface area contributed by atoms with E-state index in [-0.39, 0.29) is 16.5 Å². The molecule has 34 heavy (non-hydrogen) atoms. The van der Waals surface area contributed by atoms with Crippen molar-refractivity contribution >= 4 is 27.2 Å². The number of non-ortho nitro benzene ring substituents is 1. The van der Waals surface area contributed by atoms with E-state index in [4.69, 9.17) is 9.47 Å². The molecule has 5 nitrogen and oxygen atoms in total. The molecule has 0 atom stereocenters. The second-order valence-electron chi connectivity index (χ2n) is 8.09. The van der Waals surface area contributed by atoms with Gasteiger partial charge in [0, 0.05) is 29.2 Å². The van der Waals surface area contributed by atoms with E-state index >= 15 is 0 Å². The van der Waals surface area contributed by atoms with E-state index in [1.165, 1.54) is 0 Å². The van der Waals surface area contributed by atoms with Crippen molar-refractivity contribution in [2.45, 2.75) is 5.92 Å². The van der Waals surface area contributed by atoms with E-state index in [2.05, 4.69) is 24.3 Å². The first-order valence-corrected chi connectivity index (χ1v) is 11.0. The molecule has 0 spiro atoms. The molecular formula is C29H23NO4. The number of ether oxygens (including phenoxy) is 2. The Kier molecular flexibility index (Phi) is 5.60. The predicted octanol–water partition coefficient (Wildman–Crippen LogP) is 7.10. The Labute approximate surface area is 197 Å². The molecule has 0 N–H and O–H groups in total. The van der Waals surface area contributed by atoms with Crippen molar-refractivity contribution in [3.8, 4) is 11.5 Å². The molecule has 5 heteroatoms. The number of fused-ring (bicyclic) bond motifs is 2. The number of hydrogen-bond donors (Lipinski definition) is 0. The zero-order chi connectivity index (χ0) is 23.7. The summed E-state index contributed by atoms with van der Waals surface area (Å²) in [6.07, 6.45) is 0. The van der Waals surface area contributed by atoms with Crippen molar-refractivity contribution in [1.82, 2.24) is 0 Å². The number of rotatable bonds is 6. The number of benzene rings is 5. The standard InChI is InChI=1S/C29H23NO4/c1-33-25-17-13-19-7-3-5-9-23(19)28(25)27(21-11-15-22(16-12-21)30(31)32)29-24-10-6-4-8-20(24)14-18-26(29)34-2/h3-18,27H,1-2H3. The van der Waals surface area contributed by atoms with Gasteiger partial charge in [0.05, 0.1) is 19.1 Å². The maximum Gasteiger partial charge on any atom is 0.269 e. The minimum atomic E-state index is -0.379. The Morgan fingerprint density at radius 1 is 0.647 bits per heavy atom. The second-order valence-corrected chi connectivity index (χ2v) is 8.09. The van der Waals surface area contributed by atoms with E-state index in [1.807, 2.05) is 60.7 Å². The molecular weight excluding hydrogens is 426 g/mol. The lowest BCUT2D eigenvalue weighted by atomic mass is 9.79. The highest BCUT2D eigenvalue weighted by molar-refractivity contribution is 5.93. The molecule has 0 bridgehead atoms. The van der Waals surface area contributed by atoms with Crippen molar-refractivity contribution in [3.05, 3.63) is 124 Å². The molecule has 0 saturated heterocycles. The van der Waals surface area contributed by atoms with Crippen LogP contribution in [0.1, 0.15) is 22.6 Å². The smallest absolute Gasteiger partial charge is 0.269 e. The minimum absolute atomic E-state index is 0.0530. The van der Waals surface area contributed by atoms with E-state index in [0.29, 0.717) is 0 Å². The Morgan fingerprint density at radius 3 is 1.56 bits per heavy atom. The monoisotopic (exact) mass is 449 g/mol. The third-order valence-electron chi connectivity index (χ3n) is 6.32. The quantitative estimate of drug-likeness (QED) is 0.158. The van der Waals surface area contributed by atoms with Gasteiger partial charge in [0.15, 0.2) is 0 Å². The zero-order valence-electron chi connectivity index (χ0n) is 18.9. The predicted molar refractivity (Wildman–Crippen MR) is 135 cm³/mol. The number of nitrogens with zero attached hydrogens (tertiary/aromatic N) is 1. The molecule has 0 unspecified atom stereocenters. The van der Waals surface area contributed by atoms with Crippen LogP contribution in [0.3, 0.4) is 0 Å². The molecule has 0 fully saturated rings. The highest BCUT2D eigenvalue weighted by atomic mass is 16.6. The van der Waals surface area contributed by atoms with Gasteiger partial charge >= 0.3 is 0 Å². The van der Waals surface area contributed by atoms with Crippen molar-refractivity contribution < 1.29 is 14.4 Å². The fourth-order valence-corrected chi connectivity index (χ4v) is 4.77. The molecule has 5 rings (SSSR count). The van der Waals surface area contributed by atoms with Gasteiger partial charge < -0.3 is 9.47 Å². The van der Waals surface area contributed by atoms with E-state index in [1.54, 1.807) is 26.4 Å². The Balaban J connectivity index is 1.91. The number of nitro benzene ring substituents is 1. The van der Waals surface area contributed by atoms with Gasteiger partial charge in [-0.3, -0.25) is 10.1 Å². The average Bonchev–Trinajstić information content (AvgIpc) is 2.89. The molecule has 0 amide bonds. The molecule has 5 aromatic carbocycles. The van der Waals surface area contributed by atoms with Gasteiger partial charge in [-0.15, -0.1) is 0 Å². The second kappa shape index (κ2) is 8.87. The van der Waals surface area contributed by atoms with Crippen LogP contribution >= 0.6 is 0 Å². The lowest BCUT2D eigenvalue weighted by Crippen LogP contribution is -2.09. The fraction of sp³-hybridized carbons (Fsp3) is 0.103. The first-order valence-electron chi connectivity index (χ1n) is 11.0. The van der Waals surface area contributed by atoms with Crippen LogP contribution in [0.25, 0.3) is 21.5 Å². The van der Waals surface area contributed by atoms with Gasteiger partial charge in [-0.05, 0) is 39.2 Å². The van der Waals surface area contributed by atoms with Gasteiger partial charge in [-0.2, -0.15) is 0 Å². The Morgan fingerprint density at radius 2 is 1.12 bits per heavy atom. The van der Waals surface area contributed by atoms with Crippen LogP contribution in [-0.4, -0.2) is 19.1 Å². The Bertz CT molecular complexity index is 1420. The summed E-state index contributed by atoms with van der Waals surface area (Å²) in [4.78, 5) is 11.0. The molecule has 0 heterocycles. The summed E-state index contributed by atoms with van der Waals surface area (Å²) in [7, 11) is 3.33. The number of hydrogen-bond acceptors (Lipinski definition) is 4. The van der Waals surface area contributed by atoms with Crippen molar-refractivity contribution in [2.24, 2.45) is 0 Å². The maximum atomic E-state index is 11.3. The normalized spacial score (nSPS) is 11.1. The van der Waals surface area contributed by atoms with Gasteiger partial charge in [0.25, 0.3) is 5.69 Å². The third-order valence-corrected chi connectivity index (χ3v) is 6.32. The third kappa shape index (κ3) is 3.61. The topological polar surface area (TPSA) is 61.6 Å². The average molecular weight is 450 g/mol. The van der Waals surface area contributed by atoms with Crippen LogP contribution < -0.4 is 9.47 Å². The molecule has 168 valence electrons. The van der Waals surface area contributed by atoms with Crippen LogP contribution in [-0.2, 0) is 0 Å². The largest absolute Gasteiger partial charge is 0.496 e. The van der Waals surface area contributed by atoms with Gasteiger partial charge in [0.2, 0.25) is 0 Å². The van der Waals surface area contributed by atoms with Crippen LogP contribution in [0.5, 0.6) is 11.5 Å². The Hall–Kier alpha value is -4.38. The first kappa shape index (κ1) is 21.5. The zero-order valence-corrected chi connectivity index (χ0v) is 18.9. The van der Waals surface area contributed by atoms with Crippen LogP contribution in [0.2, 0.25) is 0 Å². The van der Waals surface area contributed by atoms with Crippen LogP contribution in [0.15, 0.2) is 97.1 Å². The fourth-order valence-electron chi connectivity index (χ4n) is 4.77. The molecule has 0 aliphatic carbocycles. The van der Waals surface area contributed by atoms with Crippen LogP contribution in [0.4, 0.5) is 5.69 Å². The summed E-state index contributed by atoms with van der Waals surface area (Å²) in [6.45, 7) is 0.